The van der Waals surface area contributed by atoms with E-state index in [0.717, 1.165) is 28.2 Å². The molecule has 0 fully saturated rings. The van der Waals surface area contributed by atoms with Gasteiger partial charge in [0.2, 0.25) is 0 Å². The number of hydrogen-bond donors (Lipinski definition) is 0. The van der Waals surface area contributed by atoms with Gasteiger partial charge in [-0.1, -0.05) is 42.0 Å². The summed E-state index contributed by atoms with van der Waals surface area (Å²) >= 11 is 0. The molecule has 0 spiro atoms. The fourth-order valence-electron chi connectivity index (χ4n) is 3.91. The Bertz CT molecular complexity index is 1050. The number of hydrogen-bond acceptors (Lipinski definition) is 3. The molecule has 0 saturated carbocycles. The first-order valence-electron chi connectivity index (χ1n) is 9.08. The van der Waals surface area contributed by atoms with Gasteiger partial charge >= 0.3 is 0 Å². The van der Waals surface area contributed by atoms with Crippen LogP contribution in [0.25, 0.3) is 11.6 Å². The van der Waals surface area contributed by atoms with Gasteiger partial charge in [-0.2, -0.15) is 0 Å². The van der Waals surface area contributed by atoms with Crippen molar-refractivity contribution < 1.29 is 14.2 Å². The van der Waals surface area contributed by atoms with Crippen LogP contribution >= 0.6 is 0 Å². The topological polar surface area (TPSA) is 27.7 Å². The van der Waals surface area contributed by atoms with Crippen molar-refractivity contribution >= 4 is 11.6 Å². The molecule has 2 aliphatic rings. The molecule has 0 saturated heterocycles. The van der Waals surface area contributed by atoms with E-state index in [1.54, 1.807) is 7.11 Å². The zero-order chi connectivity index (χ0) is 18.4. The van der Waals surface area contributed by atoms with Gasteiger partial charge in [-0.05, 0) is 54.5 Å². The van der Waals surface area contributed by atoms with Gasteiger partial charge in [-0.3, -0.25) is 0 Å². The molecule has 0 N–H and O–H groups in total. The molecule has 2 heterocycles. The second kappa shape index (κ2) is 6.00. The molecule has 3 nitrogen and oxygen atoms in total. The van der Waals surface area contributed by atoms with E-state index in [2.05, 4.69) is 37.3 Å². The van der Waals surface area contributed by atoms with Crippen LogP contribution in [0.1, 0.15) is 27.8 Å². The summed E-state index contributed by atoms with van der Waals surface area (Å²) < 4.78 is 18.3. The van der Waals surface area contributed by atoms with Crippen LogP contribution in [0.15, 0.2) is 66.7 Å². The standard InChI is InChI=1S/C24H20O3/c1-16-7-12-21-18(13-16)15-26-24(19-8-10-20(25-2)11-9-19)22(21)14-17-5-3-4-6-23(17)27-24/h3-14H,15H2,1-2H3. The van der Waals surface area contributed by atoms with Crippen molar-refractivity contribution in [2.24, 2.45) is 0 Å². The summed E-state index contributed by atoms with van der Waals surface area (Å²) in [5.41, 5.74) is 6.65. The van der Waals surface area contributed by atoms with Crippen molar-refractivity contribution in [3.8, 4) is 11.5 Å². The monoisotopic (exact) mass is 356 g/mol. The number of ether oxygens (including phenoxy) is 3. The Labute approximate surface area is 158 Å². The molecular weight excluding hydrogens is 336 g/mol. The van der Waals surface area contributed by atoms with Crippen LogP contribution in [0.3, 0.4) is 0 Å². The Hall–Kier alpha value is -3.04. The Morgan fingerprint density at radius 2 is 1.78 bits per heavy atom. The second-order valence-corrected chi connectivity index (χ2v) is 6.99. The van der Waals surface area contributed by atoms with Crippen molar-refractivity contribution in [3.63, 3.8) is 0 Å². The van der Waals surface area contributed by atoms with E-state index in [1.165, 1.54) is 16.7 Å². The predicted octanol–water partition coefficient (Wildman–Crippen LogP) is 5.32. The maximum absolute atomic E-state index is 6.54. The van der Waals surface area contributed by atoms with Gasteiger partial charge in [-0.25, -0.2) is 0 Å². The zero-order valence-corrected chi connectivity index (χ0v) is 15.4. The van der Waals surface area contributed by atoms with E-state index in [0.29, 0.717) is 6.61 Å². The van der Waals surface area contributed by atoms with Gasteiger partial charge in [-0.15, -0.1) is 0 Å². The highest BCUT2D eigenvalue weighted by atomic mass is 16.7. The third-order valence-corrected chi connectivity index (χ3v) is 5.28. The fraction of sp³-hybridized carbons (Fsp3) is 0.167. The lowest BCUT2D eigenvalue weighted by Gasteiger charge is -2.43. The minimum Gasteiger partial charge on any atom is -0.497 e. The average molecular weight is 356 g/mol. The van der Waals surface area contributed by atoms with Gasteiger partial charge in [0.15, 0.2) is 0 Å². The first-order valence-corrected chi connectivity index (χ1v) is 9.08. The van der Waals surface area contributed by atoms with Crippen LogP contribution in [0.4, 0.5) is 0 Å². The SMILES string of the molecule is COc1ccc(C23OCc4cc(C)ccc4C2=Cc2ccccc2O3)cc1. The predicted molar refractivity (Wildman–Crippen MR) is 106 cm³/mol. The third kappa shape index (κ3) is 2.47. The molecular formula is C24H20O3. The molecule has 1 unspecified atom stereocenters. The summed E-state index contributed by atoms with van der Waals surface area (Å²) in [5.74, 6) is 0.680. The van der Waals surface area contributed by atoms with Crippen molar-refractivity contribution in [1.29, 1.82) is 0 Å². The number of fused-ring (bicyclic) bond motifs is 4. The lowest BCUT2D eigenvalue weighted by molar-refractivity contribution is -0.160. The smallest absolute Gasteiger partial charge is 0.265 e. The molecule has 27 heavy (non-hydrogen) atoms. The molecule has 3 aromatic carbocycles. The summed E-state index contributed by atoms with van der Waals surface area (Å²) in [4.78, 5) is 0. The molecule has 2 aliphatic heterocycles. The quantitative estimate of drug-likeness (QED) is 0.622. The maximum atomic E-state index is 6.54. The summed E-state index contributed by atoms with van der Waals surface area (Å²) in [6.45, 7) is 2.61. The first kappa shape index (κ1) is 16.2. The molecule has 0 aromatic heterocycles. The van der Waals surface area contributed by atoms with Crippen molar-refractivity contribution in [2.75, 3.05) is 7.11 Å². The molecule has 0 aliphatic carbocycles. The van der Waals surface area contributed by atoms with Crippen LogP contribution in [0.5, 0.6) is 11.5 Å². The Morgan fingerprint density at radius 1 is 0.963 bits per heavy atom. The van der Waals surface area contributed by atoms with Gasteiger partial charge in [0.05, 0.1) is 13.7 Å². The highest BCUT2D eigenvalue weighted by Crippen LogP contribution is 2.51. The Balaban J connectivity index is 1.74. The number of rotatable bonds is 2. The summed E-state index contributed by atoms with van der Waals surface area (Å²) in [6, 6.07) is 22.5. The van der Waals surface area contributed by atoms with E-state index in [9.17, 15) is 0 Å². The highest BCUT2D eigenvalue weighted by molar-refractivity contribution is 5.91. The largest absolute Gasteiger partial charge is 0.497 e. The highest BCUT2D eigenvalue weighted by Gasteiger charge is 2.47. The Kier molecular flexibility index (Phi) is 3.59. The van der Waals surface area contributed by atoms with E-state index >= 15 is 0 Å². The van der Waals surface area contributed by atoms with Gasteiger partial charge in [0.1, 0.15) is 11.5 Å². The molecule has 3 heteroatoms. The van der Waals surface area contributed by atoms with Gasteiger partial charge < -0.3 is 14.2 Å². The minimum atomic E-state index is -0.955. The van der Waals surface area contributed by atoms with Crippen LogP contribution < -0.4 is 9.47 Å². The summed E-state index contributed by atoms with van der Waals surface area (Å²) in [5, 5.41) is 0. The molecule has 1 atom stereocenters. The minimum absolute atomic E-state index is 0.503. The third-order valence-electron chi connectivity index (χ3n) is 5.28. The van der Waals surface area contributed by atoms with Gasteiger partial charge in [0.25, 0.3) is 5.79 Å². The average Bonchev–Trinajstić information content (AvgIpc) is 2.72. The van der Waals surface area contributed by atoms with E-state index < -0.39 is 5.79 Å². The second-order valence-electron chi connectivity index (χ2n) is 6.99. The maximum Gasteiger partial charge on any atom is 0.265 e. The summed E-state index contributed by atoms with van der Waals surface area (Å²) in [6.07, 6.45) is 2.19. The van der Waals surface area contributed by atoms with Crippen molar-refractivity contribution in [3.05, 3.63) is 94.5 Å². The van der Waals surface area contributed by atoms with Crippen LogP contribution in [-0.2, 0) is 17.1 Å². The fourth-order valence-corrected chi connectivity index (χ4v) is 3.91. The van der Waals surface area contributed by atoms with Crippen molar-refractivity contribution in [2.45, 2.75) is 19.3 Å². The van der Waals surface area contributed by atoms with Crippen LogP contribution in [0.2, 0.25) is 0 Å². The van der Waals surface area contributed by atoms with E-state index in [-0.39, 0.29) is 0 Å². The normalized spacial score (nSPS) is 19.9. The van der Waals surface area contributed by atoms with E-state index in [1.807, 2.05) is 42.5 Å². The molecule has 0 amide bonds. The lowest BCUT2D eigenvalue weighted by atomic mass is 9.83. The number of methoxy groups -OCH3 is 1. The molecule has 134 valence electrons. The number of para-hydroxylation sites is 1. The number of aryl methyl sites for hydroxylation is 1. The number of benzene rings is 3. The van der Waals surface area contributed by atoms with E-state index in [4.69, 9.17) is 14.2 Å². The molecule has 5 rings (SSSR count). The molecule has 0 radical (unpaired) electrons. The zero-order valence-electron chi connectivity index (χ0n) is 15.4. The molecule has 0 bridgehead atoms. The Morgan fingerprint density at radius 3 is 2.59 bits per heavy atom. The summed E-state index contributed by atoms with van der Waals surface area (Å²) in [7, 11) is 1.67. The van der Waals surface area contributed by atoms with Gasteiger partial charge in [0, 0.05) is 16.7 Å². The van der Waals surface area contributed by atoms with Crippen LogP contribution in [-0.4, -0.2) is 7.11 Å². The molecule has 3 aromatic rings. The van der Waals surface area contributed by atoms with Crippen molar-refractivity contribution in [1.82, 2.24) is 0 Å². The van der Waals surface area contributed by atoms with Crippen LogP contribution in [0, 0.1) is 6.92 Å². The first-order chi connectivity index (χ1) is 13.2. The lowest BCUT2D eigenvalue weighted by Crippen LogP contribution is -2.42.